The molecule has 0 atom stereocenters. The van der Waals surface area contributed by atoms with Crippen LogP contribution in [0.5, 0.6) is 5.88 Å². The van der Waals surface area contributed by atoms with Gasteiger partial charge in [0.15, 0.2) is 0 Å². The Hall–Kier alpha value is -2.06. The highest BCUT2D eigenvalue weighted by atomic mass is 19.4. The fraction of sp³-hybridized carbons (Fsp3) is 0.143. The maximum atomic E-state index is 12.5. The molecule has 0 aliphatic carbocycles. The molecule has 1 rings (SSSR count). The molecular formula is C7H4F4N2O3. The molecule has 9 heteroatoms. The van der Waals surface area contributed by atoms with E-state index in [0.717, 1.165) is 6.07 Å². The summed E-state index contributed by atoms with van der Waals surface area (Å²) in [6.45, 7) is 0. The number of hydrogen-bond acceptors (Lipinski definition) is 3. The molecule has 1 amide bonds. The molecule has 0 aliphatic rings. The van der Waals surface area contributed by atoms with Gasteiger partial charge in [0.2, 0.25) is 11.8 Å². The largest absolute Gasteiger partial charge is 0.574 e. The van der Waals surface area contributed by atoms with Crippen molar-refractivity contribution in [2.75, 3.05) is 5.32 Å². The zero-order valence-corrected chi connectivity index (χ0v) is 7.38. The molecule has 0 radical (unpaired) electrons. The van der Waals surface area contributed by atoms with Gasteiger partial charge in [-0.2, -0.15) is 9.37 Å². The van der Waals surface area contributed by atoms with Crippen LogP contribution in [0.25, 0.3) is 0 Å². The number of anilines is 1. The van der Waals surface area contributed by atoms with Gasteiger partial charge in [-0.05, 0) is 12.1 Å². The molecule has 0 aliphatic heterocycles. The van der Waals surface area contributed by atoms with Gasteiger partial charge < -0.3 is 9.84 Å². The van der Waals surface area contributed by atoms with Gasteiger partial charge in [-0.25, -0.2) is 4.79 Å². The van der Waals surface area contributed by atoms with Crippen molar-refractivity contribution in [3.05, 3.63) is 18.1 Å². The Balaban J connectivity index is 3.03. The van der Waals surface area contributed by atoms with Crippen LogP contribution in [0.15, 0.2) is 12.1 Å². The topological polar surface area (TPSA) is 71.5 Å². The summed E-state index contributed by atoms with van der Waals surface area (Å²) in [6, 6.07) is 1.45. The number of rotatable bonds is 2. The van der Waals surface area contributed by atoms with Crippen LogP contribution >= 0.6 is 0 Å². The zero-order chi connectivity index (χ0) is 12.3. The summed E-state index contributed by atoms with van der Waals surface area (Å²) in [5.74, 6) is -2.43. The van der Waals surface area contributed by atoms with E-state index in [-0.39, 0.29) is 0 Å². The van der Waals surface area contributed by atoms with Crippen LogP contribution in [0, 0.1) is 5.95 Å². The SMILES string of the molecule is O=C(O)Nc1ccc(F)nc1OC(F)(F)F. The average Bonchev–Trinajstić information content (AvgIpc) is 2.06. The molecule has 16 heavy (non-hydrogen) atoms. The van der Waals surface area contributed by atoms with Gasteiger partial charge in [-0.3, -0.25) is 5.32 Å². The minimum absolute atomic E-state index is 0.605. The first-order valence-corrected chi connectivity index (χ1v) is 3.70. The normalized spacial score (nSPS) is 11.0. The predicted octanol–water partition coefficient (Wildman–Crippen LogP) is 2.21. The second-order valence-corrected chi connectivity index (χ2v) is 2.46. The van der Waals surface area contributed by atoms with Crippen molar-refractivity contribution in [3.63, 3.8) is 0 Å². The standard InChI is InChI=1S/C7H4F4N2O3/c8-4-2-1-3(12-6(14)15)5(13-4)16-7(9,10)11/h1-2,12H,(H,14,15). The highest BCUT2D eigenvalue weighted by Gasteiger charge is 2.33. The van der Waals surface area contributed by atoms with Gasteiger partial charge in [0.05, 0.1) is 0 Å². The first kappa shape index (κ1) is 12.0. The molecule has 0 saturated heterocycles. The van der Waals surface area contributed by atoms with Gasteiger partial charge in [-0.15, -0.1) is 13.2 Å². The summed E-state index contributed by atoms with van der Waals surface area (Å²) in [6.07, 6.45) is -6.71. The molecule has 1 aromatic heterocycles. The van der Waals surface area contributed by atoms with E-state index in [4.69, 9.17) is 5.11 Å². The predicted molar refractivity (Wildman–Crippen MR) is 42.5 cm³/mol. The Morgan fingerprint density at radius 2 is 2.06 bits per heavy atom. The Bertz CT molecular complexity index is 407. The third-order valence-electron chi connectivity index (χ3n) is 1.28. The van der Waals surface area contributed by atoms with Crippen molar-refractivity contribution >= 4 is 11.8 Å². The Morgan fingerprint density at radius 3 is 2.56 bits per heavy atom. The number of nitrogens with one attached hydrogen (secondary N) is 1. The van der Waals surface area contributed by atoms with Crippen molar-refractivity contribution in [1.82, 2.24) is 4.98 Å². The number of ether oxygens (including phenoxy) is 1. The van der Waals surface area contributed by atoms with Crippen LogP contribution in [-0.2, 0) is 0 Å². The Kier molecular flexibility index (Phi) is 3.16. The lowest BCUT2D eigenvalue weighted by atomic mass is 10.4. The highest BCUT2D eigenvalue weighted by molar-refractivity contribution is 5.84. The second-order valence-electron chi connectivity index (χ2n) is 2.46. The van der Waals surface area contributed by atoms with Crippen LogP contribution in [0.4, 0.5) is 28.0 Å². The van der Waals surface area contributed by atoms with Crippen molar-refractivity contribution in [2.45, 2.75) is 6.36 Å². The third kappa shape index (κ3) is 3.59. The van der Waals surface area contributed by atoms with E-state index in [0.29, 0.717) is 6.07 Å². The molecule has 1 aromatic rings. The molecule has 0 bridgehead atoms. The fourth-order valence-corrected chi connectivity index (χ4v) is 0.816. The average molecular weight is 240 g/mol. The summed E-state index contributed by atoms with van der Waals surface area (Å²) in [5, 5.41) is 9.88. The van der Waals surface area contributed by atoms with Gasteiger partial charge >= 0.3 is 12.5 Å². The quantitative estimate of drug-likeness (QED) is 0.614. The van der Waals surface area contributed by atoms with E-state index in [9.17, 15) is 22.4 Å². The Morgan fingerprint density at radius 1 is 1.44 bits per heavy atom. The number of hydrogen-bond donors (Lipinski definition) is 2. The summed E-state index contributed by atoms with van der Waals surface area (Å²) in [4.78, 5) is 13.0. The fourth-order valence-electron chi connectivity index (χ4n) is 0.816. The van der Waals surface area contributed by atoms with Crippen LogP contribution in [0.3, 0.4) is 0 Å². The van der Waals surface area contributed by atoms with Crippen LogP contribution in [-0.4, -0.2) is 22.5 Å². The molecule has 2 N–H and O–H groups in total. The first-order valence-electron chi connectivity index (χ1n) is 3.70. The highest BCUT2D eigenvalue weighted by Crippen LogP contribution is 2.28. The minimum Gasteiger partial charge on any atom is -0.465 e. The monoisotopic (exact) mass is 240 g/mol. The minimum atomic E-state index is -5.09. The van der Waals surface area contributed by atoms with E-state index in [2.05, 4.69) is 9.72 Å². The van der Waals surface area contributed by atoms with Crippen molar-refractivity contribution < 1.29 is 32.2 Å². The molecule has 0 spiro atoms. The number of halogens is 4. The first-order chi connectivity index (χ1) is 7.28. The van der Waals surface area contributed by atoms with Gasteiger partial charge in [0.25, 0.3) is 0 Å². The molecular weight excluding hydrogens is 236 g/mol. The number of carbonyl (C=O) groups is 1. The number of alkyl halides is 3. The van der Waals surface area contributed by atoms with Gasteiger partial charge in [-0.1, -0.05) is 0 Å². The Labute approximate surface area is 85.7 Å². The number of nitrogens with zero attached hydrogens (tertiary/aromatic N) is 1. The maximum absolute atomic E-state index is 12.5. The summed E-state index contributed by atoms with van der Waals surface area (Å²) >= 11 is 0. The summed E-state index contributed by atoms with van der Waals surface area (Å²) < 4.78 is 51.4. The molecule has 0 fully saturated rings. The number of aromatic nitrogens is 1. The lowest BCUT2D eigenvalue weighted by molar-refractivity contribution is -0.276. The van der Waals surface area contributed by atoms with Gasteiger partial charge in [0, 0.05) is 0 Å². The van der Waals surface area contributed by atoms with Crippen LogP contribution in [0.2, 0.25) is 0 Å². The molecule has 1 heterocycles. The van der Waals surface area contributed by atoms with Crippen molar-refractivity contribution in [1.29, 1.82) is 0 Å². The number of pyridine rings is 1. The summed E-state index contributed by atoms with van der Waals surface area (Å²) in [7, 11) is 0. The second kappa shape index (κ2) is 4.21. The molecule has 5 nitrogen and oxygen atoms in total. The van der Waals surface area contributed by atoms with Crippen LogP contribution < -0.4 is 10.1 Å². The van der Waals surface area contributed by atoms with E-state index in [1.165, 1.54) is 0 Å². The van der Waals surface area contributed by atoms with Crippen molar-refractivity contribution in [2.24, 2.45) is 0 Å². The zero-order valence-electron chi connectivity index (χ0n) is 7.38. The number of amides is 1. The van der Waals surface area contributed by atoms with E-state index in [1.54, 1.807) is 5.32 Å². The van der Waals surface area contributed by atoms with Crippen molar-refractivity contribution in [3.8, 4) is 5.88 Å². The van der Waals surface area contributed by atoms with E-state index in [1.807, 2.05) is 0 Å². The number of carboxylic acid groups (broad SMARTS) is 1. The smallest absolute Gasteiger partial charge is 0.465 e. The lowest BCUT2D eigenvalue weighted by Crippen LogP contribution is -2.20. The summed E-state index contributed by atoms with van der Waals surface area (Å²) in [5.41, 5.74) is -0.605. The third-order valence-corrected chi connectivity index (χ3v) is 1.28. The molecule has 0 saturated carbocycles. The molecule has 0 unspecified atom stereocenters. The molecule has 88 valence electrons. The molecule has 0 aromatic carbocycles. The van der Waals surface area contributed by atoms with E-state index >= 15 is 0 Å². The maximum Gasteiger partial charge on any atom is 0.574 e. The van der Waals surface area contributed by atoms with E-state index < -0.39 is 30.0 Å². The lowest BCUT2D eigenvalue weighted by Gasteiger charge is -2.11. The van der Waals surface area contributed by atoms with Gasteiger partial charge in [0.1, 0.15) is 5.69 Å². The van der Waals surface area contributed by atoms with Crippen LogP contribution in [0.1, 0.15) is 0 Å².